The Balaban J connectivity index is 2.14. The van der Waals surface area contributed by atoms with Crippen molar-refractivity contribution in [1.29, 1.82) is 0 Å². The lowest BCUT2D eigenvalue weighted by Gasteiger charge is -2.08. The van der Waals surface area contributed by atoms with Crippen molar-refractivity contribution in [2.75, 3.05) is 0 Å². The summed E-state index contributed by atoms with van der Waals surface area (Å²) in [6.07, 6.45) is 0. The molecule has 0 aliphatic carbocycles. The summed E-state index contributed by atoms with van der Waals surface area (Å²) in [4.78, 5) is 4.48. The summed E-state index contributed by atoms with van der Waals surface area (Å²) in [6.45, 7) is 0.555. The minimum absolute atomic E-state index is 0.253. The topological polar surface area (TPSA) is 17.8 Å². The molecule has 0 saturated carbocycles. The molecule has 0 unspecified atom stereocenters. The summed E-state index contributed by atoms with van der Waals surface area (Å²) >= 11 is 13.9. The zero-order chi connectivity index (χ0) is 15.0. The van der Waals surface area contributed by atoms with Crippen LogP contribution < -0.4 is 0 Å². The van der Waals surface area contributed by atoms with E-state index in [0.29, 0.717) is 21.0 Å². The summed E-state index contributed by atoms with van der Waals surface area (Å²) < 4.78 is 16.3. The quantitative estimate of drug-likeness (QED) is 0.408. The molecule has 108 valence electrons. The van der Waals surface area contributed by atoms with Crippen LogP contribution in [-0.4, -0.2) is 9.55 Å². The number of halogens is 4. The van der Waals surface area contributed by atoms with E-state index in [1.54, 1.807) is 6.07 Å². The van der Waals surface area contributed by atoms with E-state index in [2.05, 4.69) is 4.98 Å². The third kappa shape index (κ3) is 3.03. The Bertz CT molecular complexity index is 817. The number of alkyl halides is 1. The average Bonchev–Trinajstić information content (AvgIpc) is 2.77. The van der Waals surface area contributed by atoms with Gasteiger partial charge in [-0.1, -0.05) is 23.7 Å². The van der Waals surface area contributed by atoms with Crippen molar-refractivity contribution in [2.24, 2.45) is 0 Å². The van der Waals surface area contributed by atoms with Gasteiger partial charge in [-0.3, -0.25) is 0 Å². The van der Waals surface area contributed by atoms with Crippen molar-refractivity contribution < 1.29 is 4.39 Å². The van der Waals surface area contributed by atoms with Gasteiger partial charge in [0.1, 0.15) is 11.6 Å². The van der Waals surface area contributed by atoms with E-state index in [-0.39, 0.29) is 11.7 Å². The molecule has 2 aromatic carbocycles. The number of benzene rings is 2. The Morgan fingerprint density at radius 3 is 2.76 bits per heavy atom. The second-order valence-corrected chi connectivity index (χ2v) is 6.50. The highest BCUT2D eigenvalue weighted by atomic mass is 127. The van der Waals surface area contributed by atoms with Gasteiger partial charge in [-0.25, -0.2) is 9.37 Å². The summed E-state index contributed by atoms with van der Waals surface area (Å²) in [5.74, 6) is 0.734. The molecule has 0 saturated heterocycles. The molecule has 0 atom stereocenters. The van der Waals surface area contributed by atoms with Crippen LogP contribution in [0.2, 0.25) is 5.02 Å². The molecule has 0 spiro atoms. The van der Waals surface area contributed by atoms with Crippen LogP contribution in [0.4, 0.5) is 4.39 Å². The van der Waals surface area contributed by atoms with Crippen molar-refractivity contribution >= 4 is 56.8 Å². The van der Waals surface area contributed by atoms with Crippen LogP contribution in [0.3, 0.4) is 0 Å². The highest BCUT2D eigenvalue weighted by molar-refractivity contribution is 14.1. The fraction of sp³-hybridized carbons (Fsp3) is 0.133. The van der Waals surface area contributed by atoms with Gasteiger partial charge in [0.05, 0.1) is 20.5 Å². The Labute approximate surface area is 145 Å². The molecule has 0 bridgehead atoms. The molecular weight excluding hydrogens is 425 g/mol. The maximum atomic E-state index is 13.8. The predicted molar refractivity (Wildman–Crippen MR) is 92.5 cm³/mol. The van der Waals surface area contributed by atoms with E-state index < -0.39 is 0 Å². The van der Waals surface area contributed by atoms with Crippen molar-refractivity contribution in [3.05, 3.63) is 62.2 Å². The maximum Gasteiger partial charge on any atom is 0.138 e. The number of rotatable bonds is 3. The molecule has 0 radical (unpaired) electrons. The molecule has 0 fully saturated rings. The monoisotopic (exact) mass is 434 g/mol. The molecule has 3 aromatic rings. The van der Waals surface area contributed by atoms with Crippen LogP contribution in [0.1, 0.15) is 11.4 Å². The van der Waals surface area contributed by atoms with Crippen molar-refractivity contribution in [1.82, 2.24) is 9.55 Å². The van der Waals surface area contributed by atoms with Gasteiger partial charge < -0.3 is 4.57 Å². The standard InChI is InChI=1S/C15H10Cl2FIN2/c16-7-15-20-13-6-12(19)11(18)5-14(13)21(15)8-9-2-1-3-10(17)4-9/h1-6H,7-8H2. The molecule has 1 aromatic heterocycles. The lowest BCUT2D eigenvalue weighted by Crippen LogP contribution is -2.04. The molecule has 2 nitrogen and oxygen atoms in total. The highest BCUT2D eigenvalue weighted by Gasteiger charge is 2.13. The van der Waals surface area contributed by atoms with Crippen LogP contribution in [0.25, 0.3) is 11.0 Å². The first-order valence-corrected chi connectivity index (χ1v) is 8.22. The normalized spacial score (nSPS) is 11.2. The zero-order valence-corrected chi connectivity index (χ0v) is 14.5. The SMILES string of the molecule is Fc1cc2c(cc1I)nc(CCl)n2Cc1cccc(Cl)c1. The number of imidazole rings is 1. The fourth-order valence-electron chi connectivity index (χ4n) is 2.27. The van der Waals surface area contributed by atoms with Crippen LogP contribution >= 0.6 is 45.8 Å². The molecule has 3 rings (SSSR count). The van der Waals surface area contributed by atoms with Gasteiger partial charge in [0, 0.05) is 17.6 Å². The number of hydrogen-bond acceptors (Lipinski definition) is 1. The molecule has 0 aliphatic heterocycles. The van der Waals surface area contributed by atoms with Gasteiger partial charge >= 0.3 is 0 Å². The van der Waals surface area contributed by atoms with E-state index in [1.165, 1.54) is 6.07 Å². The first-order chi connectivity index (χ1) is 10.1. The Morgan fingerprint density at radius 2 is 2.05 bits per heavy atom. The smallest absolute Gasteiger partial charge is 0.138 e. The third-order valence-corrected chi connectivity index (χ3v) is 4.52. The highest BCUT2D eigenvalue weighted by Crippen LogP contribution is 2.24. The Kier molecular flexibility index (Phi) is 4.38. The van der Waals surface area contributed by atoms with Crippen LogP contribution in [-0.2, 0) is 12.4 Å². The molecule has 0 N–H and O–H groups in total. The van der Waals surface area contributed by atoms with E-state index in [9.17, 15) is 4.39 Å². The van der Waals surface area contributed by atoms with Crippen LogP contribution in [0.15, 0.2) is 36.4 Å². The Morgan fingerprint density at radius 1 is 1.24 bits per heavy atom. The average molecular weight is 435 g/mol. The van der Waals surface area contributed by atoms with Crippen molar-refractivity contribution in [2.45, 2.75) is 12.4 Å². The largest absolute Gasteiger partial charge is 0.322 e. The number of aromatic nitrogens is 2. The maximum absolute atomic E-state index is 13.8. The minimum Gasteiger partial charge on any atom is -0.322 e. The van der Waals surface area contributed by atoms with Crippen LogP contribution in [0, 0.1) is 9.39 Å². The molecule has 21 heavy (non-hydrogen) atoms. The van der Waals surface area contributed by atoms with Gasteiger partial charge in [-0.2, -0.15) is 0 Å². The van der Waals surface area contributed by atoms with Crippen LogP contribution in [0.5, 0.6) is 0 Å². The molecule has 0 amide bonds. The molecule has 0 aliphatic rings. The number of fused-ring (bicyclic) bond motifs is 1. The van der Waals surface area contributed by atoms with E-state index in [4.69, 9.17) is 23.2 Å². The summed E-state index contributed by atoms with van der Waals surface area (Å²) in [5, 5.41) is 0.671. The van der Waals surface area contributed by atoms with Crippen molar-refractivity contribution in [3.63, 3.8) is 0 Å². The molecular formula is C15H10Cl2FIN2. The lowest BCUT2D eigenvalue weighted by atomic mass is 10.2. The second-order valence-electron chi connectivity index (χ2n) is 4.63. The number of hydrogen-bond donors (Lipinski definition) is 0. The number of nitrogens with zero attached hydrogens (tertiary/aromatic N) is 2. The first kappa shape index (κ1) is 15.1. The second kappa shape index (κ2) is 6.10. The van der Waals surface area contributed by atoms with Gasteiger partial charge in [0.25, 0.3) is 0 Å². The summed E-state index contributed by atoms with van der Waals surface area (Å²) in [7, 11) is 0. The minimum atomic E-state index is -0.253. The van der Waals surface area contributed by atoms with E-state index >= 15 is 0 Å². The summed E-state index contributed by atoms with van der Waals surface area (Å²) in [6, 6.07) is 10.8. The molecule has 6 heteroatoms. The first-order valence-electron chi connectivity index (χ1n) is 6.23. The summed E-state index contributed by atoms with van der Waals surface area (Å²) in [5.41, 5.74) is 2.51. The fourth-order valence-corrected chi connectivity index (χ4v) is 3.13. The van der Waals surface area contributed by atoms with Crippen molar-refractivity contribution in [3.8, 4) is 0 Å². The Hall–Kier alpha value is -0.850. The van der Waals surface area contributed by atoms with Gasteiger partial charge in [0.2, 0.25) is 0 Å². The van der Waals surface area contributed by atoms with E-state index in [1.807, 2.05) is 51.4 Å². The van der Waals surface area contributed by atoms with Gasteiger partial charge in [0.15, 0.2) is 0 Å². The molecule has 1 heterocycles. The predicted octanol–water partition coefficient (Wildman–Crippen LogP) is 5.22. The third-order valence-electron chi connectivity index (χ3n) is 3.22. The van der Waals surface area contributed by atoms with Gasteiger partial charge in [-0.15, -0.1) is 11.6 Å². The zero-order valence-electron chi connectivity index (χ0n) is 10.8. The van der Waals surface area contributed by atoms with Gasteiger partial charge in [-0.05, 0) is 46.4 Å². The van der Waals surface area contributed by atoms with E-state index in [0.717, 1.165) is 16.6 Å². The lowest BCUT2D eigenvalue weighted by molar-refractivity contribution is 0.621.